The monoisotopic (exact) mass is 434 g/mol. The Kier molecular flexibility index (Phi) is 3.71. The largest absolute Gasteiger partial charge is 0.422 e. The van der Waals surface area contributed by atoms with Crippen LogP contribution in [0.5, 0.6) is 0 Å². The Hall–Kier alpha value is -1.69. The van der Waals surface area contributed by atoms with Crippen molar-refractivity contribution in [2.24, 2.45) is 0 Å². The summed E-state index contributed by atoms with van der Waals surface area (Å²) < 4.78 is 14.7. The van der Waals surface area contributed by atoms with Crippen molar-refractivity contribution in [2.75, 3.05) is 0 Å². The molecule has 7 nitrogen and oxygen atoms in total. The van der Waals surface area contributed by atoms with Gasteiger partial charge in [0.15, 0.2) is 11.6 Å². The second kappa shape index (κ2) is 5.13. The van der Waals surface area contributed by atoms with Crippen LogP contribution in [0.2, 0.25) is 0 Å². The summed E-state index contributed by atoms with van der Waals surface area (Å²) in [7, 11) is 0. The van der Waals surface area contributed by atoms with Gasteiger partial charge < -0.3 is 15.2 Å². The van der Waals surface area contributed by atoms with Crippen LogP contribution >= 0.6 is 0 Å². The number of fused-ring (bicyclic) bond motifs is 1. The summed E-state index contributed by atoms with van der Waals surface area (Å²) in [6, 6.07) is 0. The molecule has 99 valence electrons. The quantitative estimate of drug-likeness (QED) is 0.617. The van der Waals surface area contributed by atoms with Gasteiger partial charge in [-0.2, -0.15) is 5.10 Å². The van der Waals surface area contributed by atoms with Crippen LogP contribution in [0.25, 0.3) is 16.9 Å². The maximum absolute atomic E-state index is 13.4. The molecule has 3 heterocycles. The van der Waals surface area contributed by atoms with E-state index in [4.69, 9.17) is 5.11 Å². The number of halogens is 1. The molecule has 0 fully saturated rings. The fourth-order valence-electron chi connectivity index (χ4n) is 1.66. The van der Waals surface area contributed by atoms with Crippen molar-refractivity contribution in [3.05, 3.63) is 29.7 Å². The van der Waals surface area contributed by atoms with Crippen LogP contribution in [0.3, 0.4) is 0 Å². The van der Waals surface area contributed by atoms with E-state index in [2.05, 4.69) is 25.3 Å². The molecule has 0 bridgehead atoms. The molecule has 3 rings (SSSR count). The van der Waals surface area contributed by atoms with E-state index >= 15 is 0 Å². The molecule has 0 aliphatic rings. The maximum atomic E-state index is 13.4. The first-order chi connectivity index (χ1) is 8.69. The smallest absolute Gasteiger partial charge is 0.167 e. The van der Waals surface area contributed by atoms with Crippen LogP contribution in [-0.2, 0) is 27.0 Å². The van der Waals surface area contributed by atoms with Crippen molar-refractivity contribution in [1.29, 1.82) is 0 Å². The summed E-state index contributed by atoms with van der Waals surface area (Å²) in [6.07, 6.45) is 2.64. The van der Waals surface area contributed by atoms with Gasteiger partial charge in [0.2, 0.25) is 0 Å². The number of aromatic nitrogens is 6. The molecular formula is C10H8FN6ORe-. The van der Waals surface area contributed by atoms with Crippen molar-refractivity contribution in [3.63, 3.8) is 0 Å². The van der Waals surface area contributed by atoms with Gasteiger partial charge in [-0.05, 0) is 12.6 Å². The topological polar surface area (TPSA) is 90.8 Å². The van der Waals surface area contributed by atoms with Crippen molar-refractivity contribution < 1.29 is 29.9 Å². The van der Waals surface area contributed by atoms with E-state index < -0.39 is 12.4 Å². The third-order valence-electron chi connectivity index (χ3n) is 2.46. The molecular weight excluding hydrogens is 425 g/mol. The van der Waals surface area contributed by atoms with E-state index in [1.54, 1.807) is 6.92 Å². The Balaban J connectivity index is 0.00000133. The minimum atomic E-state index is -0.589. The van der Waals surface area contributed by atoms with Gasteiger partial charge in [0, 0.05) is 37.8 Å². The van der Waals surface area contributed by atoms with Crippen molar-refractivity contribution in [1.82, 2.24) is 29.9 Å². The summed E-state index contributed by atoms with van der Waals surface area (Å²) in [5, 5.41) is 21.0. The predicted molar refractivity (Wildman–Crippen MR) is 58.4 cm³/mol. The van der Waals surface area contributed by atoms with Gasteiger partial charge >= 0.3 is 0 Å². The number of hydrogen-bond donors (Lipinski definition) is 1. The van der Waals surface area contributed by atoms with Crippen LogP contribution in [0.1, 0.15) is 11.5 Å². The first-order valence-corrected chi connectivity index (χ1v) is 5.17. The third kappa shape index (κ3) is 2.28. The van der Waals surface area contributed by atoms with Gasteiger partial charge in [-0.25, -0.2) is 14.1 Å². The van der Waals surface area contributed by atoms with Crippen LogP contribution in [0, 0.1) is 12.7 Å². The number of rotatable bonds is 2. The Morgan fingerprint density at radius 3 is 2.89 bits per heavy atom. The molecule has 0 aliphatic carbocycles. The van der Waals surface area contributed by atoms with Gasteiger partial charge in [-0.15, -0.1) is 0 Å². The summed E-state index contributed by atoms with van der Waals surface area (Å²) >= 11 is 0. The fourth-order valence-corrected chi connectivity index (χ4v) is 1.66. The maximum Gasteiger partial charge on any atom is 0.167 e. The molecule has 0 aromatic carbocycles. The van der Waals surface area contributed by atoms with Gasteiger partial charge in [-0.3, -0.25) is 5.10 Å². The summed E-state index contributed by atoms with van der Waals surface area (Å²) in [4.78, 5) is 8.30. The van der Waals surface area contributed by atoms with Crippen LogP contribution in [0.15, 0.2) is 12.4 Å². The van der Waals surface area contributed by atoms with E-state index in [1.165, 1.54) is 10.9 Å². The van der Waals surface area contributed by atoms with Gasteiger partial charge in [0.25, 0.3) is 0 Å². The molecule has 0 spiro atoms. The first kappa shape index (κ1) is 13.7. The van der Waals surface area contributed by atoms with Crippen molar-refractivity contribution in [3.8, 4) is 5.82 Å². The predicted octanol–water partition coefficient (Wildman–Crippen LogP) is 0.105. The molecule has 0 saturated heterocycles. The molecule has 0 unspecified atom stereocenters. The molecule has 0 atom stereocenters. The van der Waals surface area contributed by atoms with E-state index in [1.807, 2.05) is 0 Å². The first-order valence-electron chi connectivity index (χ1n) is 5.17. The number of hydrogen-bond acceptors (Lipinski definition) is 5. The second-order valence-corrected chi connectivity index (χ2v) is 3.70. The number of aliphatic hydroxyl groups is 1. The van der Waals surface area contributed by atoms with Crippen LogP contribution in [-0.4, -0.2) is 30.0 Å². The van der Waals surface area contributed by atoms with E-state index in [9.17, 15) is 4.39 Å². The molecule has 1 N–H and O–H groups in total. The molecule has 9 heteroatoms. The number of nitrogens with zero attached hydrogens (tertiary/aromatic N) is 6. The summed E-state index contributed by atoms with van der Waals surface area (Å²) in [5.41, 5.74) is 0.394. The molecule has 3 aromatic rings. The Morgan fingerprint density at radius 1 is 1.42 bits per heavy atom. The summed E-state index contributed by atoms with van der Waals surface area (Å²) in [5.74, 6) is 0.287. The fraction of sp³-hybridized carbons (Fsp3) is 0.200. The third-order valence-corrected chi connectivity index (χ3v) is 2.46. The zero-order chi connectivity index (χ0) is 12.7. The normalized spacial score (nSPS) is 10.7. The molecule has 0 saturated carbocycles. The zero-order valence-corrected chi connectivity index (χ0v) is 12.5. The number of aryl methyl sites for hydroxylation is 1. The minimum absolute atomic E-state index is 0. The van der Waals surface area contributed by atoms with E-state index in [0.717, 1.165) is 6.20 Å². The molecule has 1 radical (unpaired) electrons. The second-order valence-electron chi connectivity index (χ2n) is 3.70. The molecule has 0 amide bonds. The molecule has 0 aliphatic heterocycles. The summed E-state index contributed by atoms with van der Waals surface area (Å²) in [6.45, 7) is 1.23. The van der Waals surface area contributed by atoms with Crippen molar-refractivity contribution in [2.45, 2.75) is 13.5 Å². The van der Waals surface area contributed by atoms with Gasteiger partial charge in [0.05, 0.1) is 12.8 Å². The Morgan fingerprint density at radius 2 is 2.21 bits per heavy atom. The van der Waals surface area contributed by atoms with Gasteiger partial charge in [0.1, 0.15) is 5.69 Å². The minimum Gasteiger partial charge on any atom is -0.422 e. The average molecular weight is 433 g/mol. The van der Waals surface area contributed by atoms with Crippen LogP contribution < -0.4 is 5.10 Å². The Labute approximate surface area is 120 Å². The zero-order valence-electron chi connectivity index (χ0n) is 9.75. The average Bonchev–Trinajstić information content (AvgIpc) is 2.93. The van der Waals surface area contributed by atoms with E-state index in [-0.39, 0.29) is 26.1 Å². The van der Waals surface area contributed by atoms with Crippen molar-refractivity contribution >= 4 is 11.0 Å². The van der Waals surface area contributed by atoms with E-state index in [0.29, 0.717) is 22.7 Å². The van der Waals surface area contributed by atoms with Crippen LogP contribution in [0.4, 0.5) is 4.39 Å². The number of aliphatic hydroxyl groups excluding tert-OH is 1. The SMILES string of the molecule is Cc1nc(-n2cc(F)c(CO)n2)c2cn[n-]c2n1.[Re]. The standard InChI is InChI=1S/C10H8FN6O.Re/c1-5-13-9-6(2-12-15-9)10(14-5)17-3-7(11)8(4-18)16-17;/h2-3,18H,4H2,1H3;/q-1;. The van der Waals surface area contributed by atoms with Gasteiger partial charge in [-0.1, -0.05) is 0 Å². The molecule has 3 aromatic heterocycles. The Bertz CT molecular complexity index is 724. The molecule has 19 heavy (non-hydrogen) atoms.